The zero-order valence-corrected chi connectivity index (χ0v) is 20.0. The number of carbonyl (C=O) groups excluding carboxylic acids is 3. The molecular formula is C26H25N3O7. The van der Waals surface area contributed by atoms with Gasteiger partial charge in [-0.3, -0.25) is 10.1 Å². The number of para-hydroxylation sites is 1. The van der Waals surface area contributed by atoms with Crippen molar-refractivity contribution in [2.45, 2.75) is 12.8 Å². The zero-order valence-electron chi connectivity index (χ0n) is 20.0. The fourth-order valence-corrected chi connectivity index (χ4v) is 4.27. The number of esters is 1. The van der Waals surface area contributed by atoms with Gasteiger partial charge in [-0.05, 0) is 53.8 Å². The fraction of sp³-hybridized carbons (Fsp3) is 0.231. The lowest BCUT2D eigenvalue weighted by Gasteiger charge is -2.14. The maximum Gasteiger partial charge on any atom is 0.339 e. The molecule has 10 nitrogen and oxygen atoms in total. The number of nitrogens with zero attached hydrogens (tertiary/aromatic N) is 1. The number of urea groups is 1. The number of nitrogens with two attached hydrogens (primary N) is 1. The van der Waals surface area contributed by atoms with E-state index in [1.54, 1.807) is 33.5 Å². The summed E-state index contributed by atoms with van der Waals surface area (Å²) in [5, 5.41) is 2.49. The van der Waals surface area contributed by atoms with Crippen LogP contribution in [0.25, 0.3) is 22.6 Å². The number of nitrogens with one attached hydrogen (secondary N) is 1. The van der Waals surface area contributed by atoms with Gasteiger partial charge in [-0.1, -0.05) is 18.2 Å². The van der Waals surface area contributed by atoms with Gasteiger partial charge in [0.1, 0.15) is 0 Å². The number of aromatic nitrogens is 1. The summed E-state index contributed by atoms with van der Waals surface area (Å²) in [5.41, 5.74) is 9.04. The van der Waals surface area contributed by atoms with E-state index in [9.17, 15) is 14.4 Å². The molecule has 1 aromatic heterocycles. The van der Waals surface area contributed by atoms with Crippen LogP contribution in [0.2, 0.25) is 0 Å². The number of hydrogen-bond donors (Lipinski definition) is 2. The number of carbonyl (C=O) groups is 3. The normalized spacial score (nSPS) is 13.2. The Labute approximate surface area is 207 Å². The highest BCUT2D eigenvalue weighted by molar-refractivity contribution is 6.08. The highest BCUT2D eigenvalue weighted by atomic mass is 16.5. The van der Waals surface area contributed by atoms with Gasteiger partial charge in [-0.25, -0.2) is 14.6 Å². The number of benzene rings is 2. The molecule has 0 radical (unpaired) electrons. The average molecular weight is 492 g/mol. The molecule has 0 unspecified atom stereocenters. The molecule has 36 heavy (non-hydrogen) atoms. The number of amides is 3. The third-order valence-corrected chi connectivity index (χ3v) is 5.77. The summed E-state index contributed by atoms with van der Waals surface area (Å²) >= 11 is 0. The molecule has 0 saturated heterocycles. The standard InChI is InChI=1S/C26H25N3O7/c1-33-19-11-14(12-20(34-2)24(19)35-3)10-15-8-9-17-22(25(31)36-13-21(30)29-26(27)32)16-6-4-5-7-18(16)28-23(15)17/h4-7,10-12H,8-9,13H2,1-3H3,(H3,27,29,30,32)/b15-10-. The summed E-state index contributed by atoms with van der Waals surface area (Å²) in [5.74, 6) is 0.0367. The molecule has 3 amide bonds. The van der Waals surface area contributed by atoms with Crippen LogP contribution in [0.5, 0.6) is 17.2 Å². The van der Waals surface area contributed by atoms with E-state index in [4.69, 9.17) is 29.7 Å². The van der Waals surface area contributed by atoms with Gasteiger partial charge in [0.15, 0.2) is 18.1 Å². The quantitative estimate of drug-likeness (QED) is 0.481. The highest BCUT2D eigenvalue weighted by Gasteiger charge is 2.28. The van der Waals surface area contributed by atoms with Crippen LogP contribution in [0.3, 0.4) is 0 Å². The van der Waals surface area contributed by atoms with E-state index < -0.39 is 24.5 Å². The Morgan fingerprint density at radius 3 is 2.36 bits per heavy atom. The number of methoxy groups -OCH3 is 3. The topological polar surface area (TPSA) is 139 Å². The predicted octanol–water partition coefficient (Wildman–Crippen LogP) is 3.10. The smallest absolute Gasteiger partial charge is 0.339 e. The van der Waals surface area contributed by atoms with Crippen LogP contribution in [-0.2, 0) is 16.0 Å². The van der Waals surface area contributed by atoms with E-state index in [1.807, 2.05) is 35.7 Å². The molecule has 1 heterocycles. The van der Waals surface area contributed by atoms with Crippen molar-refractivity contribution in [3.8, 4) is 17.2 Å². The summed E-state index contributed by atoms with van der Waals surface area (Å²) in [4.78, 5) is 40.5. The van der Waals surface area contributed by atoms with Crippen LogP contribution in [0.15, 0.2) is 36.4 Å². The average Bonchev–Trinajstić information content (AvgIpc) is 3.26. The van der Waals surface area contributed by atoms with Gasteiger partial charge in [0.25, 0.3) is 5.91 Å². The zero-order chi connectivity index (χ0) is 25.8. The molecule has 2 aromatic carbocycles. The highest BCUT2D eigenvalue weighted by Crippen LogP contribution is 2.41. The Morgan fingerprint density at radius 2 is 1.72 bits per heavy atom. The third-order valence-electron chi connectivity index (χ3n) is 5.77. The molecule has 10 heteroatoms. The van der Waals surface area contributed by atoms with Crippen molar-refractivity contribution in [2.75, 3.05) is 27.9 Å². The van der Waals surface area contributed by atoms with Crippen LogP contribution in [-0.4, -0.2) is 50.8 Å². The van der Waals surface area contributed by atoms with Gasteiger partial charge in [0, 0.05) is 5.39 Å². The van der Waals surface area contributed by atoms with E-state index in [2.05, 4.69) is 0 Å². The van der Waals surface area contributed by atoms with E-state index in [1.165, 1.54) is 0 Å². The molecular weight excluding hydrogens is 466 g/mol. The van der Waals surface area contributed by atoms with Crippen LogP contribution < -0.4 is 25.3 Å². The molecule has 0 fully saturated rings. The van der Waals surface area contributed by atoms with E-state index in [0.29, 0.717) is 52.3 Å². The maximum atomic E-state index is 13.1. The second-order valence-electron chi connectivity index (χ2n) is 7.95. The SMILES string of the molecule is COc1cc(/C=C2/CCc3c2nc2ccccc2c3C(=O)OCC(=O)NC(N)=O)cc(OC)c1OC. The second kappa shape index (κ2) is 10.3. The summed E-state index contributed by atoms with van der Waals surface area (Å²) in [6.45, 7) is -0.638. The van der Waals surface area contributed by atoms with E-state index in [-0.39, 0.29) is 0 Å². The molecule has 0 saturated carbocycles. The van der Waals surface area contributed by atoms with Gasteiger partial charge in [0.2, 0.25) is 5.75 Å². The number of fused-ring (bicyclic) bond motifs is 2. The minimum absolute atomic E-state index is 0.343. The molecule has 1 aliphatic rings. The third kappa shape index (κ3) is 4.78. The molecule has 3 N–H and O–H groups in total. The van der Waals surface area contributed by atoms with Gasteiger partial charge >= 0.3 is 12.0 Å². The molecule has 3 aromatic rings. The lowest BCUT2D eigenvalue weighted by molar-refractivity contribution is -0.123. The van der Waals surface area contributed by atoms with Crippen molar-refractivity contribution in [2.24, 2.45) is 5.73 Å². The van der Waals surface area contributed by atoms with Crippen LogP contribution in [0.4, 0.5) is 4.79 Å². The number of hydrogen-bond acceptors (Lipinski definition) is 8. The monoisotopic (exact) mass is 491 g/mol. The second-order valence-corrected chi connectivity index (χ2v) is 7.95. The van der Waals surface area contributed by atoms with E-state index >= 15 is 0 Å². The minimum atomic E-state index is -1.02. The number of primary amides is 1. The van der Waals surface area contributed by atoms with Crippen molar-refractivity contribution >= 4 is 40.5 Å². The van der Waals surface area contributed by atoms with Gasteiger partial charge in [-0.2, -0.15) is 0 Å². The van der Waals surface area contributed by atoms with Crippen LogP contribution in [0.1, 0.15) is 33.6 Å². The first-order chi connectivity index (χ1) is 17.4. The first-order valence-electron chi connectivity index (χ1n) is 11.0. The Hall–Kier alpha value is -4.60. The van der Waals surface area contributed by atoms with Crippen molar-refractivity contribution < 1.29 is 33.3 Å². The summed E-state index contributed by atoms with van der Waals surface area (Å²) in [6, 6.07) is 9.86. The van der Waals surface area contributed by atoms with Crippen molar-refractivity contribution in [1.82, 2.24) is 10.3 Å². The number of ether oxygens (including phenoxy) is 4. The van der Waals surface area contributed by atoms with Gasteiger partial charge in [0.05, 0.1) is 38.1 Å². The fourth-order valence-electron chi connectivity index (χ4n) is 4.27. The summed E-state index contributed by atoms with van der Waals surface area (Å²) < 4.78 is 21.5. The predicted molar refractivity (Wildman–Crippen MR) is 132 cm³/mol. The first-order valence-corrected chi connectivity index (χ1v) is 11.0. The van der Waals surface area contributed by atoms with Crippen molar-refractivity contribution in [3.63, 3.8) is 0 Å². The summed E-state index contributed by atoms with van der Waals surface area (Å²) in [7, 11) is 4.64. The summed E-state index contributed by atoms with van der Waals surface area (Å²) in [6.07, 6.45) is 3.16. The van der Waals surface area contributed by atoms with Gasteiger partial charge in [-0.15, -0.1) is 0 Å². The van der Waals surface area contributed by atoms with E-state index in [0.717, 1.165) is 16.7 Å². The number of imide groups is 1. The lowest BCUT2D eigenvalue weighted by atomic mass is 10.0. The number of pyridine rings is 1. The van der Waals surface area contributed by atoms with Crippen LogP contribution >= 0.6 is 0 Å². The Kier molecular flexibility index (Phi) is 7.05. The molecule has 0 spiro atoms. The minimum Gasteiger partial charge on any atom is -0.493 e. The molecule has 186 valence electrons. The number of rotatable bonds is 7. The Balaban J connectivity index is 1.76. The largest absolute Gasteiger partial charge is 0.493 e. The Bertz CT molecular complexity index is 1370. The Morgan fingerprint density at radius 1 is 1.03 bits per heavy atom. The maximum absolute atomic E-state index is 13.1. The molecule has 1 aliphatic carbocycles. The first kappa shape index (κ1) is 24.5. The lowest BCUT2D eigenvalue weighted by Crippen LogP contribution is -2.37. The van der Waals surface area contributed by atoms with Gasteiger partial charge < -0.3 is 24.7 Å². The molecule has 0 atom stereocenters. The molecule has 4 rings (SSSR count). The molecule has 0 bridgehead atoms. The number of allylic oxidation sites excluding steroid dienone is 1. The molecule has 0 aliphatic heterocycles. The van der Waals surface area contributed by atoms with Crippen molar-refractivity contribution in [1.29, 1.82) is 0 Å². The van der Waals surface area contributed by atoms with Crippen LogP contribution in [0, 0.1) is 0 Å². The van der Waals surface area contributed by atoms with Crippen molar-refractivity contribution in [3.05, 3.63) is 58.8 Å².